The van der Waals surface area contributed by atoms with Crippen molar-refractivity contribution in [2.45, 2.75) is 59.3 Å². The van der Waals surface area contributed by atoms with Crippen LogP contribution in [-0.2, 0) is 0 Å². The van der Waals surface area contributed by atoms with E-state index in [1.807, 2.05) is 0 Å². The summed E-state index contributed by atoms with van der Waals surface area (Å²) in [4.78, 5) is 0. The maximum absolute atomic E-state index is 9.80. The van der Waals surface area contributed by atoms with E-state index in [1.54, 1.807) is 0 Å². The van der Waals surface area contributed by atoms with E-state index >= 15 is 0 Å². The van der Waals surface area contributed by atoms with Crippen LogP contribution in [0.15, 0.2) is 22.8 Å². The van der Waals surface area contributed by atoms with Gasteiger partial charge in [-0.05, 0) is 65.9 Å². The Balaban J connectivity index is 2.01. The summed E-state index contributed by atoms with van der Waals surface area (Å²) in [5.74, 6) is 1.37. The second-order valence-corrected chi connectivity index (χ2v) is 8.28. The number of fused-ring (bicyclic) bond motifs is 3. The maximum Gasteiger partial charge on any atom is 0.0684 e. The minimum atomic E-state index is 0.0672. The Morgan fingerprint density at radius 1 is 1.14 bits per heavy atom. The standard InChI is InChI=1S/C19H30O2/c1-18(2)9-4-10-19(3)16-7-5-13(11-20)15(12-21)14(16)6-8-17(18)19/h5,16-17,20-21H,4,6-12H2,1-3H3. The van der Waals surface area contributed by atoms with Gasteiger partial charge < -0.3 is 10.2 Å². The summed E-state index contributed by atoms with van der Waals surface area (Å²) in [5, 5.41) is 19.4. The molecule has 0 heterocycles. The van der Waals surface area contributed by atoms with Crippen molar-refractivity contribution >= 4 is 0 Å². The largest absolute Gasteiger partial charge is 0.392 e. The Hall–Kier alpha value is -0.600. The lowest BCUT2D eigenvalue weighted by Crippen LogP contribution is -2.50. The van der Waals surface area contributed by atoms with Crippen molar-refractivity contribution in [2.75, 3.05) is 13.2 Å². The summed E-state index contributed by atoms with van der Waals surface area (Å²) < 4.78 is 0. The lowest BCUT2D eigenvalue weighted by Gasteiger charge is -2.59. The molecule has 3 unspecified atom stereocenters. The summed E-state index contributed by atoms with van der Waals surface area (Å²) in [5.41, 5.74) is 4.30. The third-order valence-corrected chi connectivity index (χ3v) is 6.90. The summed E-state index contributed by atoms with van der Waals surface area (Å²) in [6.07, 6.45) is 9.60. The smallest absolute Gasteiger partial charge is 0.0684 e. The molecule has 0 spiro atoms. The van der Waals surface area contributed by atoms with Gasteiger partial charge in [0.05, 0.1) is 13.2 Å². The maximum atomic E-state index is 9.80. The van der Waals surface area contributed by atoms with Crippen LogP contribution in [0.2, 0.25) is 0 Å². The molecule has 0 saturated heterocycles. The Morgan fingerprint density at radius 2 is 1.90 bits per heavy atom. The van der Waals surface area contributed by atoms with Gasteiger partial charge in [0.15, 0.2) is 0 Å². The molecule has 21 heavy (non-hydrogen) atoms. The van der Waals surface area contributed by atoms with Gasteiger partial charge in [0, 0.05) is 0 Å². The first-order valence-electron chi connectivity index (χ1n) is 8.57. The normalized spacial score (nSPS) is 38.6. The van der Waals surface area contributed by atoms with Gasteiger partial charge in [0.1, 0.15) is 0 Å². The van der Waals surface area contributed by atoms with E-state index in [9.17, 15) is 10.2 Å². The van der Waals surface area contributed by atoms with E-state index in [2.05, 4.69) is 26.8 Å². The lowest BCUT2D eigenvalue weighted by molar-refractivity contribution is -0.0525. The van der Waals surface area contributed by atoms with Crippen LogP contribution >= 0.6 is 0 Å². The predicted octanol–water partition coefficient (Wildman–Crippen LogP) is 3.84. The van der Waals surface area contributed by atoms with Gasteiger partial charge in [0.2, 0.25) is 0 Å². The van der Waals surface area contributed by atoms with Gasteiger partial charge in [-0.2, -0.15) is 0 Å². The topological polar surface area (TPSA) is 40.5 Å². The van der Waals surface area contributed by atoms with Crippen molar-refractivity contribution < 1.29 is 10.2 Å². The number of allylic oxidation sites excluding steroid dienone is 2. The van der Waals surface area contributed by atoms with Gasteiger partial charge >= 0.3 is 0 Å². The third kappa shape index (κ3) is 2.22. The van der Waals surface area contributed by atoms with Crippen LogP contribution in [0.3, 0.4) is 0 Å². The van der Waals surface area contributed by atoms with Crippen LogP contribution in [0.25, 0.3) is 0 Å². The molecule has 3 atom stereocenters. The second kappa shape index (κ2) is 5.24. The summed E-state index contributed by atoms with van der Waals surface area (Å²) in [7, 11) is 0. The summed E-state index contributed by atoms with van der Waals surface area (Å²) in [6.45, 7) is 7.55. The minimum absolute atomic E-state index is 0.0672. The fourth-order valence-electron chi connectivity index (χ4n) is 5.90. The van der Waals surface area contributed by atoms with Crippen LogP contribution in [0.5, 0.6) is 0 Å². The SMILES string of the molecule is CC1(C)CCCC2(C)C3CC=C(CO)C(CO)=C3CCC12. The van der Waals surface area contributed by atoms with Gasteiger partial charge in [0.25, 0.3) is 0 Å². The van der Waals surface area contributed by atoms with Crippen molar-refractivity contribution in [1.82, 2.24) is 0 Å². The zero-order chi connectivity index (χ0) is 15.3. The second-order valence-electron chi connectivity index (χ2n) is 8.28. The van der Waals surface area contributed by atoms with Crippen molar-refractivity contribution in [3.05, 3.63) is 22.8 Å². The predicted molar refractivity (Wildman–Crippen MR) is 85.9 cm³/mol. The van der Waals surface area contributed by atoms with Crippen LogP contribution in [0.4, 0.5) is 0 Å². The lowest BCUT2D eigenvalue weighted by atomic mass is 9.46. The van der Waals surface area contributed by atoms with Gasteiger partial charge in [-0.25, -0.2) is 0 Å². The Labute approximate surface area is 128 Å². The molecular weight excluding hydrogens is 260 g/mol. The monoisotopic (exact) mass is 290 g/mol. The first-order valence-corrected chi connectivity index (χ1v) is 8.57. The highest BCUT2D eigenvalue weighted by molar-refractivity contribution is 5.42. The molecule has 2 nitrogen and oxygen atoms in total. The molecule has 0 amide bonds. The number of aliphatic hydroxyl groups excluding tert-OH is 2. The number of rotatable bonds is 2. The average Bonchev–Trinajstić information content (AvgIpc) is 2.45. The molecule has 3 rings (SSSR count). The summed E-state index contributed by atoms with van der Waals surface area (Å²) >= 11 is 0. The molecule has 0 bridgehead atoms. The van der Waals surface area contributed by atoms with Crippen molar-refractivity contribution in [2.24, 2.45) is 22.7 Å². The highest BCUT2D eigenvalue weighted by Gasteiger charge is 2.53. The zero-order valence-electron chi connectivity index (χ0n) is 13.8. The molecule has 2 saturated carbocycles. The van der Waals surface area contributed by atoms with E-state index in [0.29, 0.717) is 16.7 Å². The van der Waals surface area contributed by atoms with Crippen LogP contribution in [0, 0.1) is 22.7 Å². The Bertz CT molecular complexity index is 486. The molecule has 0 aromatic carbocycles. The first kappa shape index (κ1) is 15.3. The fraction of sp³-hybridized carbons (Fsp3) is 0.789. The highest BCUT2D eigenvalue weighted by Crippen LogP contribution is 2.63. The molecule has 0 aliphatic heterocycles. The fourth-order valence-corrected chi connectivity index (χ4v) is 5.90. The molecule has 0 radical (unpaired) electrons. The van der Waals surface area contributed by atoms with Crippen molar-refractivity contribution in [1.29, 1.82) is 0 Å². The number of hydrogen-bond acceptors (Lipinski definition) is 2. The quantitative estimate of drug-likeness (QED) is 0.811. The molecule has 3 aliphatic rings. The molecule has 3 aliphatic carbocycles. The van der Waals surface area contributed by atoms with E-state index < -0.39 is 0 Å². The van der Waals surface area contributed by atoms with E-state index in [-0.39, 0.29) is 13.2 Å². The zero-order valence-corrected chi connectivity index (χ0v) is 13.8. The van der Waals surface area contributed by atoms with Gasteiger partial charge in [-0.3, -0.25) is 0 Å². The van der Waals surface area contributed by atoms with E-state index in [0.717, 1.165) is 29.9 Å². The summed E-state index contributed by atoms with van der Waals surface area (Å²) in [6, 6.07) is 0. The van der Waals surface area contributed by atoms with Gasteiger partial charge in [-0.15, -0.1) is 0 Å². The Morgan fingerprint density at radius 3 is 2.57 bits per heavy atom. The van der Waals surface area contributed by atoms with E-state index in [1.165, 1.54) is 31.3 Å². The first-order chi connectivity index (χ1) is 9.94. The molecule has 2 N–H and O–H groups in total. The molecule has 2 heteroatoms. The van der Waals surface area contributed by atoms with Crippen LogP contribution in [-0.4, -0.2) is 23.4 Å². The highest BCUT2D eigenvalue weighted by atomic mass is 16.3. The molecule has 0 aromatic heterocycles. The Kier molecular flexibility index (Phi) is 3.82. The van der Waals surface area contributed by atoms with Gasteiger partial charge in [-0.1, -0.05) is 38.8 Å². The van der Waals surface area contributed by atoms with Crippen molar-refractivity contribution in [3.8, 4) is 0 Å². The third-order valence-electron chi connectivity index (χ3n) is 6.90. The molecular formula is C19H30O2. The minimum Gasteiger partial charge on any atom is -0.392 e. The number of hydrogen-bond donors (Lipinski definition) is 2. The molecule has 2 fully saturated rings. The van der Waals surface area contributed by atoms with Crippen LogP contribution in [0.1, 0.15) is 59.3 Å². The van der Waals surface area contributed by atoms with Crippen LogP contribution < -0.4 is 0 Å². The van der Waals surface area contributed by atoms with Crippen molar-refractivity contribution in [3.63, 3.8) is 0 Å². The van der Waals surface area contributed by atoms with E-state index in [4.69, 9.17) is 0 Å². The average molecular weight is 290 g/mol. The number of aliphatic hydroxyl groups is 2. The molecule has 0 aromatic rings. The molecule has 118 valence electrons.